The zero-order chi connectivity index (χ0) is 17.4. The Balaban J connectivity index is 1.99. The Kier molecular flexibility index (Phi) is 3.94. The van der Waals surface area contributed by atoms with E-state index in [9.17, 15) is 14.9 Å². The number of hydrogen-bond acceptors (Lipinski definition) is 4. The van der Waals surface area contributed by atoms with Crippen molar-refractivity contribution < 1.29 is 9.72 Å². The number of benzene rings is 1. The summed E-state index contributed by atoms with van der Waals surface area (Å²) in [5.41, 5.74) is 2.62. The maximum atomic E-state index is 12.6. The minimum Gasteiger partial charge on any atom is -0.320 e. The van der Waals surface area contributed by atoms with Crippen LogP contribution in [0.2, 0.25) is 5.02 Å². The van der Waals surface area contributed by atoms with E-state index in [1.54, 1.807) is 17.5 Å². The number of nitro groups is 1. The lowest BCUT2D eigenvalue weighted by molar-refractivity contribution is -0.384. The maximum absolute atomic E-state index is 12.6. The number of halogens is 1. The molecule has 0 fully saturated rings. The van der Waals surface area contributed by atoms with Gasteiger partial charge in [-0.05, 0) is 37.6 Å². The molecule has 1 amide bonds. The molecule has 1 N–H and O–H groups in total. The highest BCUT2D eigenvalue weighted by Gasteiger charge is 2.19. The second-order valence-corrected chi connectivity index (χ2v) is 5.72. The van der Waals surface area contributed by atoms with Gasteiger partial charge in [-0.25, -0.2) is 4.98 Å². The average Bonchev–Trinajstić information content (AvgIpc) is 2.86. The number of pyridine rings is 1. The van der Waals surface area contributed by atoms with E-state index in [1.807, 2.05) is 19.1 Å². The molecule has 0 saturated heterocycles. The highest BCUT2D eigenvalue weighted by Crippen LogP contribution is 2.27. The van der Waals surface area contributed by atoms with E-state index in [2.05, 4.69) is 10.3 Å². The second kappa shape index (κ2) is 5.93. The molecular weight excluding hydrogens is 332 g/mol. The van der Waals surface area contributed by atoms with E-state index < -0.39 is 10.8 Å². The molecule has 2 heterocycles. The van der Waals surface area contributed by atoms with E-state index in [0.717, 1.165) is 5.56 Å². The van der Waals surface area contributed by atoms with Gasteiger partial charge in [0, 0.05) is 18.0 Å². The lowest BCUT2D eigenvalue weighted by Crippen LogP contribution is -2.15. The van der Waals surface area contributed by atoms with Crippen molar-refractivity contribution in [2.75, 3.05) is 5.32 Å². The van der Waals surface area contributed by atoms with E-state index in [4.69, 9.17) is 11.6 Å². The van der Waals surface area contributed by atoms with Gasteiger partial charge in [0.25, 0.3) is 11.6 Å². The highest BCUT2D eigenvalue weighted by atomic mass is 35.5. The first-order valence-corrected chi connectivity index (χ1v) is 7.46. The van der Waals surface area contributed by atoms with Gasteiger partial charge in [0.1, 0.15) is 16.4 Å². The summed E-state index contributed by atoms with van der Waals surface area (Å²) < 4.78 is 1.70. The van der Waals surface area contributed by atoms with Crippen molar-refractivity contribution in [3.63, 3.8) is 0 Å². The van der Waals surface area contributed by atoms with Gasteiger partial charge in [-0.2, -0.15) is 0 Å². The molecule has 0 aliphatic rings. The van der Waals surface area contributed by atoms with E-state index in [-0.39, 0.29) is 16.4 Å². The number of nitrogens with zero attached hydrogens (tertiary/aromatic N) is 3. The lowest BCUT2D eigenvalue weighted by atomic mass is 10.2. The van der Waals surface area contributed by atoms with Crippen LogP contribution in [0.4, 0.5) is 11.4 Å². The Labute approximate surface area is 142 Å². The number of rotatable bonds is 3. The molecule has 0 aliphatic carbocycles. The quantitative estimate of drug-likeness (QED) is 0.578. The summed E-state index contributed by atoms with van der Waals surface area (Å²) in [6, 6.07) is 7.85. The number of anilines is 1. The molecule has 3 rings (SSSR count). The van der Waals surface area contributed by atoms with Gasteiger partial charge in [-0.15, -0.1) is 0 Å². The standard InChI is InChI=1S/C16H13ClN4O3/c1-9-4-3-7-20-14(10(2)18-15(9)20)16(22)19-11-5-6-12(17)13(8-11)21(23)24/h3-8H,1-2H3,(H,19,22). The Bertz CT molecular complexity index is 981. The van der Waals surface area contributed by atoms with Crippen LogP contribution in [0.25, 0.3) is 5.65 Å². The van der Waals surface area contributed by atoms with Crippen molar-refractivity contribution in [3.8, 4) is 0 Å². The van der Waals surface area contributed by atoms with Crippen molar-refractivity contribution in [3.05, 3.63) is 68.6 Å². The van der Waals surface area contributed by atoms with E-state index in [0.29, 0.717) is 17.0 Å². The molecule has 7 nitrogen and oxygen atoms in total. The van der Waals surface area contributed by atoms with Crippen LogP contribution in [0, 0.1) is 24.0 Å². The molecular formula is C16H13ClN4O3. The number of fused-ring (bicyclic) bond motifs is 1. The minimum absolute atomic E-state index is 0.0135. The third kappa shape index (κ3) is 2.69. The minimum atomic E-state index is -0.596. The molecule has 0 unspecified atom stereocenters. The van der Waals surface area contributed by atoms with Gasteiger partial charge in [0.2, 0.25) is 0 Å². The molecule has 122 valence electrons. The summed E-state index contributed by atoms with van der Waals surface area (Å²) in [4.78, 5) is 27.4. The normalized spacial score (nSPS) is 10.8. The van der Waals surface area contributed by atoms with Gasteiger partial charge in [-0.1, -0.05) is 17.7 Å². The number of carbonyl (C=O) groups excluding carboxylic acids is 1. The average molecular weight is 345 g/mol. The van der Waals surface area contributed by atoms with Crippen LogP contribution in [0.1, 0.15) is 21.7 Å². The first-order valence-electron chi connectivity index (χ1n) is 7.08. The van der Waals surface area contributed by atoms with Crippen LogP contribution in [0.15, 0.2) is 36.5 Å². The van der Waals surface area contributed by atoms with E-state index >= 15 is 0 Å². The zero-order valence-corrected chi connectivity index (χ0v) is 13.7. The predicted molar refractivity (Wildman–Crippen MR) is 90.7 cm³/mol. The van der Waals surface area contributed by atoms with Crippen LogP contribution >= 0.6 is 11.6 Å². The number of aryl methyl sites for hydroxylation is 2. The van der Waals surface area contributed by atoms with Crippen LogP contribution in [-0.2, 0) is 0 Å². The summed E-state index contributed by atoms with van der Waals surface area (Å²) in [5.74, 6) is -0.401. The van der Waals surface area contributed by atoms with Gasteiger partial charge in [-0.3, -0.25) is 19.3 Å². The summed E-state index contributed by atoms with van der Waals surface area (Å²) in [7, 11) is 0. The number of amides is 1. The molecule has 0 saturated carbocycles. The Morgan fingerprint density at radius 3 is 2.79 bits per heavy atom. The van der Waals surface area contributed by atoms with Gasteiger partial charge in [0.15, 0.2) is 0 Å². The molecule has 8 heteroatoms. The SMILES string of the molecule is Cc1nc2c(C)cccn2c1C(=O)Nc1ccc(Cl)c([N+](=O)[O-])c1. The third-order valence-corrected chi connectivity index (χ3v) is 3.95. The molecule has 24 heavy (non-hydrogen) atoms. The summed E-state index contributed by atoms with van der Waals surface area (Å²) in [5, 5.41) is 13.6. The summed E-state index contributed by atoms with van der Waals surface area (Å²) in [6.07, 6.45) is 1.75. The molecule has 1 aromatic carbocycles. The third-order valence-electron chi connectivity index (χ3n) is 3.64. The largest absolute Gasteiger partial charge is 0.320 e. The van der Waals surface area contributed by atoms with Crippen molar-refractivity contribution >= 4 is 34.5 Å². The molecule has 0 spiro atoms. The van der Waals surface area contributed by atoms with Gasteiger partial charge >= 0.3 is 0 Å². The number of nitrogens with one attached hydrogen (secondary N) is 1. The zero-order valence-electron chi connectivity index (χ0n) is 12.9. The van der Waals surface area contributed by atoms with Crippen molar-refractivity contribution in [1.82, 2.24) is 9.38 Å². The lowest BCUT2D eigenvalue weighted by Gasteiger charge is -2.07. The monoisotopic (exact) mass is 344 g/mol. The van der Waals surface area contributed by atoms with E-state index in [1.165, 1.54) is 18.2 Å². The molecule has 0 radical (unpaired) electrons. The number of aromatic nitrogens is 2. The van der Waals surface area contributed by atoms with Crippen LogP contribution in [-0.4, -0.2) is 20.2 Å². The Hall–Kier alpha value is -2.93. The topological polar surface area (TPSA) is 89.5 Å². The fourth-order valence-electron chi connectivity index (χ4n) is 2.51. The predicted octanol–water partition coefficient (Wildman–Crippen LogP) is 3.77. The van der Waals surface area contributed by atoms with Crippen LogP contribution in [0.5, 0.6) is 0 Å². The molecule has 3 aromatic rings. The second-order valence-electron chi connectivity index (χ2n) is 5.31. The number of nitro benzene ring substituents is 1. The van der Waals surface area contributed by atoms with Crippen LogP contribution < -0.4 is 5.32 Å². The molecule has 2 aromatic heterocycles. The summed E-state index contributed by atoms with van der Waals surface area (Å²) in [6.45, 7) is 3.65. The van der Waals surface area contributed by atoms with Crippen molar-refractivity contribution in [2.45, 2.75) is 13.8 Å². The van der Waals surface area contributed by atoms with Crippen LogP contribution in [0.3, 0.4) is 0 Å². The van der Waals surface area contributed by atoms with Gasteiger partial charge in [0.05, 0.1) is 10.6 Å². The smallest absolute Gasteiger partial charge is 0.289 e. The van der Waals surface area contributed by atoms with Gasteiger partial charge < -0.3 is 5.32 Å². The number of carbonyl (C=O) groups is 1. The number of hydrogen-bond donors (Lipinski definition) is 1. The first-order chi connectivity index (χ1) is 11.4. The molecule has 0 atom stereocenters. The Morgan fingerprint density at radius 1 is 1.33 bits per heavy atom. The molecule has 0 bridgehead atoms. The maximum Gasteiger partial charge on any atom is 0.289 e. The Morgan fingerprint density at radius 2 is 2.08 bits per heavy atom. The number of imidazole rings is 1. The van der Waals surface area contributed by atoms with Crippen molar-refractivity contribution in [2.24, 2.45) is 0 Å². The highest BCUT2D eigenvalue weighted by molar-refractivity contribution is 6.32. The summed E-state index contributed by atoms with van der Waals surface area (Å²) >= 11 is 5.78. The first kappa shape index (κ1) is 15.9. The fourth-order valence-corrected chi connectivity index (χ4v) is 2.70. The van der Waals surface area contributed by atoms with Crippen molar-refractivity contribution in [1.29, 1.82) is 0 Å². The molecule has 0 aliphatic heterocycles. The fraction of sp³-hybridized carbons (Fsp3) is 0.125.